The first kappa shape index (κ1) is 52.7. The number of imide groups is 1. The van der Waals surface area contributed by atoms with E-state index in [0.717, 1.165) is 60.4 Å². The fourth-order valence-electron chi connectivity index (χ4n) is 7.40. The van der Waals surface area contributed by atoms with Crippen LogP contribution < -0.4 is 0 Å². The number of ether oxygens (including phenoxy) is 10. The van der Waals surface area contributed by atoms with E-state index in [1.165, 1.54) is 24.3 Å². The molecule has 0 saturated carbocycles. The van der Waals surface area contributed by atoms with Crippen LogP contribution in [0.5, 0.6) is 0 Å². The van der Waals surface area contributed by atoms with Crippen LogP contribution in [0.25, 0.3) is 0 Å². The normalized spacial score (nSPS) is 25.7. The third kappa shape index (κ3) is 13.6. The molecule has 2 heterocycles. The minimum atomic E-state index is -2.79. The molecular formula is C44H53NO20S. The van der Waals surface area contributed by atoms with Crippen LogP contribution in [0, 0.1) is 0 Å². The SMILES string of the molecule is CCS[C@@H]1O[C@H](CO[C@]2(C(=O)OC)C[C@H](OC(C)=O)[C@@H](N(C(C)=O)C(C)=O)[C@H]([C@@H](OC(C)=O)[C@@H](COC(C)=O)OC(C)=O)O2)[C@H](O)[C@H](OC(=O)c2ccccc2)[C@H]1OC(=O)c1ccccc1. The second-order valence-electron chi connectivity index (χ2n) is 14.9. The van der Waals surface area contributed by atoms with Crippen molar-refractivity contribution in [3.63, 3.8) is 0 Å². The van der Waals surface area contributed by atoms with Gasteiger partial charge in [-0.15, -0.1) is 11.8 Å². The smallest absolute Gasteiger partial charge is 0.366 e. The molecule has 0 aliphatic carbocycles. The molecule has 1 N–H and O–H groups in total. The third-order valence-electron chi connectivity index (χ3n) is 10.0. The van der Waals surface area contributed by atoms with Gasteiger partial charge < -0.3 is 52.5 Å². The summed E-state index contributed by atoms with van der Waals surface area (Å²) in [6, 6.07) is 13.8. The number of nitrogens with zero attached hydrogens (tertiary/aromatic N) is 1. The zero-order chi connectivity index (χ0) is 48.9. The van der Waals surface area contributed by atoms with E-state index in [4.69, 9.17) is 47.4 Å². The van der Waals surface area contributed by atoms with Crippen LogP contribution >= 0.6 is 11.8 Å². The number of rotatable bonds is 18. The van der Waals surface area contributed by atoms with E-state index in [9.17, 15) is 48.3 Å². The molecule has 66 heavy (non-hydrogen) atoms. The second kappa shape index (κ2) is 24.0. The summed E-state index contributed by atoms with van der Waals surface area (Å²) in [7, 11) is 0.937. The molecule has 2 aromatic carbocycles. The van der Waals surface area contributed by atoms with Crippen LogP contribution in [-0.2, 0) is 80.9 Å². The molecular weight excluding hydrogens is 895 g/mol. The quantitative estimate of drug-likeness (QED) is 0.165. The van der Waals surface area contributed by atoms with Gasteiger partial charge in [0.05, 0.1) is 31.3 Å². The van der Waals surface area contributed by atoms with Crippen molar-refractivity contribution in [1.82, 2.24) is 4.90 Å². The number of carbonyl (C=O) groups excluding carboxylic acids is 9. The number of esters is 7. The number of hydrogen-bond acceptors (Lipinski definition) is 21. The maximum Gasteiger partial charge on any atom is 0.366 e. The Bertz CT molecular complexity index is 2060. The highest BCUT2D eigenvalue weighted by Gasteiger charge is 2.62. The van der Waals surface area contributed by atoms with Crippen molar-refractivity contribution in [2.75, 3.05) is 26.1 Å². The van der Waals surface area contributed by atoms with Gasteiger partial charge in [-0.2, -0.15) is 0 Å². The number of amides is 2. The third-order valence-corrected chi connectivity index (χ3v) is 11.0. The Kier molecular flexibility index (Phi) is 19.2. The number of aliphatic hydroxyl groups is 1. The molecule has 2 aromatic rings. The van der Waals surface area contributed by atoms with E-state index in [0.29, 0.717) is 10.7 Å². The molecule has 4 rings (SSSR count). The summed E-state index contributed by atoms with van der Waals surface area (Å²) in [6.07, 6.45) is -15.0. The maximum atomic E-state index is 14.2. The van der Waals surface area contributed by atoms with Crippen molar-refractivity contribution in [1.29, 1.82) is 0 Å². The van der Waals surface area contributed by atoms with E-state index < -0.39 is 139 Å². The zero-order valence-electron chi connectivity index (χ0n) is 37.4. The topological polar surface area (TPSA) is 269 Å². The van der Waals surface area contributed by atoms with Crippen molar-refractivity contribution in [3.05, 3.63) is 71.8 Å². The van der Waals surface area contributed by atoms with Crippen molar-refractivity contribution in [3.8, 4) is 0 Å². The molecule has 2 aliphatic rings. The van der Waals surface area contributed by atoms with Gasteiger partial charge in [0.15, 0.2) is 24.4 Å². The summed E-state index contributed by atoms with van der Waals surface area (Å²) in [5.74, 6) is -11.3. The first-order valence-corrected chi connectivity index (χ1v) is 21.6. The van der Waals surface area contributed by atoms with Crippen LogP contribution in [-0.4, -0.2) is 156 Å². The molecule has 0 spiro atoms. The van der Waals surface area contributed by atoms with E-state index in [-0.39, 0.29) is 11.1 Å². The first-order valence-electron chi connectivity index (χ1n) is 20.6. The number of aliphatic hydroxyl groups excluding tert-OH is 1. The summed E-state index contributed by atoms with van der Waals surface area (Å²) < 4.78 is 57.6. The Labute approximate surface area is 383 Å². The maximum absolute atomic E-state index is 14.2. The van der Waals surface area contributed by atoms with Crippen LogP contribution in [0.15, 0.2) is 60.7 Å². The minimum absolute atomic E-state index is 0.0856. The van der Waals surface area contributed by atoms with Gasteiger partial charge in [-0.25, -0.2) is 14.4 Å². The Morgan fingerprint density at radius 2 is 1.30 bits per heavy atom. The molecule has 0 bridgehead atoms. The van der Waals surface area contributed by atoms with Crippen LogP contribution in [0.4, 0.5) is 0 Å². The van der Waals surface area contributed by atoms with Crippen molar-refractivity contribution in [2.24, 2.45) is 0 Å². The van der Waals surface area contributed by atoms with Gasteiger partial charge in [-0.05, 0) is 30.0 Å². The summed E-state index contributed by atoms with van der Waals surface area (Å²) in [5, 5.41) is 12.0. The molecule has 0 aromatic heterocycles. The zero-order valence-corrected chi connectivity index (χ0v) is 38.3. The summed E-state index contributed by atoms with van der Waals surface area (Å²) in [6.45, 7) is 6.02. The predicted octanol–water partition coefficient (Wildman–Crippen LogP) is 2.07. The Hall–Kier alpha value is -5.94. The van der Waals surface area contributed by atoms with Crippen molar-refractivity contribution in [2.45, 2.75) is 121 Å². The first-order chi connectivity index (χ1) is 31.2. The highest BCUT2D eigenvalue weighted by molar-refractivity contribution is 7.99. The van der Waals surface area contributed by atoms with Crippen LogP contribution in [0.1, 0.15) is 75.6 Å². The highest BCUT2D eigenvalue weighted by atomic mass is 32.2. The van der Waals surface area contributed by atoms with Crippen LogP contribution in [0.3, 0.4) is 0 Å². The average molecular weight is 948 g/mol. The summed E-state index contributed by atoms with van der Waals surface area (Å²) in [5.41, 5.74) is -0.943. The fraction of sp³-hybridized carbons (Fsp3) is 0.523. The predicted molar refractivity (Wildman–Crippen MR) is 225 cm³/mol. The van der Waals surface area contributed by atoms with E-state index in [1.54, 1.807) is 43.3 Å². The minimum Gasteiger partial charge on any atom is -0.465 e. The van der Waals surface area contributed by atoms with E-state index in [1.807, 2.05) is 0 Å². The lowest BCUT2D eigenvalue weighted by Crippen LogP contribution is -2.70. The standard InChI is InChI=1S/C44H53NO20S/c1-9-66-42-39(64-41(54)30-18-14-11-15-19-30)38(63-40(53)29-16-12-10-13-17-29)35(52)32(62-42)22-58-44(43(55)56-8)20-31(59-26(5)49)34(45(23(2)46)24(3)47)37(65-44)36(61-28(7)51)33(60-27(6)50)21-57-25(4)48/h10-19,31-39,42,52H,9,20-22H2,1-8H3/t31-,32+,33+,34+,35-,36-,37+,38-,39+,42-,44+/m0/s1. The molecule has 2 fully saturated rings. The molecule has 0 radical (unpaired) electrons. The van der Waals surface area contributed by atoms with Gasteiger partial charge in [0.2, 0.25) is 11.8 Å². The lowest BCUT2D eigenvalue weighted by molar-refractivity contribution is -0.329. The van der Waals surface area contributed by atoms with Gasteiger partial charge in [0, 0.05) is 41.5 Å². The summed E-state index contributed by atoms with van der Waals surface area (Å²) in [4.78, 5) is 118. The molecule has 360 valence electrons. The Balaban J connectivity index is 1.87. The van der Waals surface area contributed by atoms with Gasteiger partial charge >= 0.3 is 41.8 Å². The van der Waals surface area contributed by atoms with Crippen molar-refractivity contribution < 1.29 is 95.6 Å². The second-order valence-corrected chi connectivity index (χ2v) is 16.2. The molecule has 21 nitrogen and oxygen atoms in total. The van der Waals surface area contributed by atoms with Crippen LogP contribution in [0.2, 0.25) is 0 Å². The number of methoxy groups -OCH3 is 1. The number of thioether (sulfide) groups is 1. The summed E-state index contributed by atoms with van der Waals surface area (Å²) >= 11 is 1.11. The lowest BCUT2D eigenvalue weighted by atomic mass is 9.86. The van der Waals surface area contributed by atoms with Gasteiger partial charge in [0.25, 0.3) is 5.79 Å². The molecule has 2 aliphatic heterocycles. The van der Waals surface area contributed by atoms with E-state index in [2.05, 4.69) is 0 Å². The monoisotopic (exact) mass is 947 g/mol. The van der Waals surface area contributed by atoms with E-state index >= 15 is 0 Å². The van der Waals surface area contributed by atoms with Gasteiger partial charge in [0.1, 0.15) is 42.5 Å². The number of carbonyl (C=O) groups is 9. The molecule has 2 amide bonds. The molecule has 2 saturated heterocycles. The fourth-order valence-corrected chi connectivity index (χ4v) is 8.35. The average Bonchev–Trinajstić information content (AvgIpc) is 3.26. The van der Waals surface area contributed by atoms with Gasteiger partial charge in [-0.1, -0.05) is 43.3 Å². The largest absolute Gasteiger partial charge is 0.465 e. The molecule has 0 unspecified atom stereocenters. The Morgan fingerprint density at radius 3 is 1.77 bits per heavy atom. The Morgan fingerprint density at radius 1 is 0.758 bits per heavy atom. The lowest BCUT2D eigenvalue weighted by Gasteiger charge is -2.51. The molecule has 11 atom stereocenters. The van der Waals surface area contributed by atoms with Crippen molar-refractivity contribution >= 4 is 65.4 Å². The molecule has 22 heteroatoms. The van der Waals surface area contributed by atoms with Gasteiger partial charge in [-0.3, -0.25) is 33.7 Å². The number of benzene rings is 2. The highest BCUT2D eigenvalue weighted by Crippen LogP contribution is 2.41. The number of hydrogen-bond donors (Lipinski definition) is 1.